The molecule has 1 atom stereocenters. The maximum atomic E-state index is 13.4. The Bertz CT molecular complexity index is 795. The summed E-state index contributed by atoms with van der Waals surface area (Å²) in [6.07, 6.45) is 6.81. The second kappa shape index (κ2) is 8.05. The Balaban J connectivity index is 1.43. The molecule has 4 fully saturated rings. The van der Waals surface area contributed by atoms with Crippen LogP contribution in [-0.2, 0) is 9.59 Å². The van der Waals surface area contributed by atoms with E-state index in [2.05, 4.69) is 16.0 Å². The van der Waals surface area contributed by atoms with Crippen LogP contribution in [0.4, 0.5) is 5.69 Å². The van der Waals surface area contributed by atoms with E-state index in [0.29, 0.717) is 29.0 Å². The van der Waals surface area contributed by atoms with Gasteiger partial charge in [0.2, 0.25) is 11.8 Å². The highest BCUT2D eigenvalue weighted by molar-refractivity contribution is 5.99. The van der Waals surface area contributed by atoms with Crippen LogP contribution >= 0.6 is 0 Å². The molecule has 0 aromatic heterocycles. The van der Waals surface area contributed by atoms with Crippen LogP contribution in [0.25, 0.3) is 0 Å². The van der Waals surface area contributed by atoms with Crippen molar-refractivity contribution in [1.29, 1.82) is 0 Å². The molecular formula is C24H33N3O3. The number of nitrogens with one attached hydrogen (secondary N) is 3. The van der Waals surface area contributed by atoms with Gasteiger partial charge in [0.05, 0.1) is 0 Å². The zero-order chi connectivity index (χ0) is 21.5. The van der Waals surface area contributed by atoms with E-state index in [1.54, 1.807) is 31.3 Å². The molecule has 0 radical (unpaired) electrons. The van der Waals surface area contributed by atoms with Gasteiger partial charge in [-0.25, -0.2) is 0 Å². The monoisotopic (exact) mass is 411 g/mol. The van der Waals surface area contributed by atoms with Crippen molar-refractivity contribution < 1.29 is 14.4 Å². The van der Waals surface area contributed by atoms with Crippen molar-refractivity contribution in [2.45, 2.75) is 58.4 Å². The summed E-state index contributed by atoms with van der Waals surface area (Å²) in [5.74, 6) is 1.73. The molecule has 4 saturated carbocycles. The summed E-state index contributed by atoms with van der Waals surface area (Å²) in [6, 6.07) is 6.19. The van der Waals surface area contributed by atoms with Crippen LogP contribution in [0.5, 0.6) is 0 Å². The van der Waals surface area contributed by atoms with E-state index in [0.717, 1.165) is 19.3 Å². The Morgan fingerprint density at radius 2 is 1.47 bits per heavy atom. The third-order valence-corrected chi connectivity index (χ3v) is 7.40. The number of anilines is 1. The summed E-state index contributed by atoms with van der Waals surface area (Å²) < 4.78 is 0. The summed E-state index contributed by atoms with van der Waals surface area (Å²) in [5.41, 5.74) is 0.880. The zero-order valence-corrected chi connectivity index (χ0v) is 18.2. The summed E-state index contributed by atoms with van der Waals surface area (Å²) in [7, 11) is 1.58. The highest BCUT2D eigenvalue weighted by atomic mass is 16.2. The van der Waals surface area contributed by atoms with Crippen LogP contribution < -0.4 is 16.0 Å². The second-order valence-corrected chi connectivity index (χ2v) is 10.0. The first-order valence-electron chi connectivity index (χ1n) is 11.2. The standard InChI is InChI=1S/C24H33N3O3/c1-14(2)20(22(29)26-19-6-4-18(5-7-19)21(28)25-3)27-23(30)24-11-15-8-16(12-24)10-17(9-15)13-24/h4-7,14-17,20H,8-13H2,1-3H3,(H,25,28)(H,26,29)(H,27,30)/t15?,16?,17?,20-,24?/m0/s1. The molecule has 0 heterocycles. The van der Waals surface area contributed by atoms with Gasteiger partial charge in [-0.2, -0.15) is 0 Å². The molecule has 162 valence electrons. The van der Waals surface area contributed by atoms with Gasteiger partial charge in [-0.05, 0) is 86.5 Å². The maximum Gasteiger partial charge on any atom is 0.251 e. The SMILES string of the molecule is CNC(=O)c1ccc(NC(=O)[C@@H](NC(=O)C23CC4CC(CC(C4)C2)C3)C(C)C)cc1. The summed E-state index contributed by atoms with van der Waals surface area (Å²) >= 11 is 0. The molecule has 4 bridgehead atoms. The normalized spacial score (nSPS) is 30.1. The van der Waals surface area contributed by atoms with Crippen LogP contribution in [0, 0.1) is 29.1 Å². The van der Waals surface area contributed by atoms with Gasteiger partial charge in [0, 0.05) is 23.7 Å². The highest BCUT2D eigenvalue weighted by Crippen LogP contribution is 2.60. The summed E-state index contributed by atoms with van der Waals surface area (Å²) in [4.78, 5) is 38.1. The van der Waals surface area contributed by atoms with Gasteiger partial charge in [-0.3, -0.25) is 14.4 Å². The molecule has 3 N–H and O–H groups in total. The first-order valence-corrected chi connectivity index (χ1v) is 11.2. The minimum atomic E-state index is -0.580. The van der Waals surface area contributed by atoms with Crippen molar-refractivity contribution in [1.82, 2.24) is 10.6 Å². The van der Waals surface area contributed by atoms with Gasteiger partial charge in [0.25, 0.3) is 5.91 Å². The van der Waals surface area contributed by atoms with Gasteiger partial charge in [0.15, 0.2) is 0 Å². The van der Waals surface area contributed by atoms with E-state index >= 15 is 0 Å². The average molecular weight is 412 g/mol. The van der Waals surface area contributed by atoms with Crippen LogP contribution in [-0.4, -0.2) is 30.8 Å². The third-order valence-electron chi connectivity index (χ3n) is 7.40. The zero-order valence-electron chi connectivity index (χ0n) is 18.2. The third kappa shape index (κ3) is 3.96. The molecule has 4 aliphatic carbocycles. The lowest BCUT2D eigenvalue weighted by Crippen LogP contribution is -2.57. The smallest absolute Gasteiger partial charge is 0.251 e. The van der Waals surface area contributed by atoms with E-state index in [-0.39, 0.29) is 29.1 Å². The Labute approximate surface area is 178 Å². The van der Waals surface area contributed by atoms with Crippen LogP contribution in [0.3, 0.4) is 0 Å². The molecule has 6 nitrogen and oxygen atoms in total. The van der Waals surface area contributed by atoms with Crippen LogP contribution in [0.15, 0.2) is 24.3 Å². The van der Waals surface area contributed by atoms with E-state index < -0.39 is 6.04 Å². The van der Waals surface area contributed by atoms with Crippen LogP contribution in [0.2, 0.25) is 0 Å². The molecule has 0 unspecified atom stereocenters. The van der Waals surface area contributed by atoms with E-state index in [9.17, 15) is 14.4 Å². The fourth-order valence-corrected chi connectivity index (χ4v) is 6.29. The number of carbonyl (C=O) groups is 3. The van der Waals surface area contributed by atoms with Crippen LogP contribution in [0.1, 0.15) is 62.7 Å². The van der Waals surface area contributed by atoms with Gasteiger partial charge < -0.3 is 16.0 Å². The fourth-order valence-electron chi connectivity index (χ4n) is 6.29. The summed E-state index contributed by atoms with van der Waals surface area (Å²) in [5, 5.41) is 8.60. The average Bonchev–Trinajstić information content (AvgIpc) is 2.70. The molecule has 4 aliphatic rings. The largest absolute Gasteiger partial charge is 0.355 e. The Hall–Kier alpha value is -2.37. The maximum absolute atomic E-state index is 13.4. The number of rotatable bonds is 6. The van der Waals surface area contributed by atoms with E-state index in [1.807, 2.05) is 13.8 Å². The minimum absolute atomic E-state index is 0.0204. The lowest BCUT2D eigenvalue weighted by atomic mass is 9.49. The summed E-state index contributed by atoms with van der Waals surface area (Å²) in [6.45, 7) is 3.91. The lowest BCUT2D eigenvalue weighted by Gasteiger charge is -2.55. The lowest BCUT2D eigenvalue weighted by molar-refractivity contribution is -0.148. The molecular weight excluding hydrogens is 378 g/mol. The molecule has 0 spiro atoms. The number of amides is 3. The molecule has 0 aliphatic heterocycles. The van der Waals surface area contributed by atoms with Crippen molar-refractivity contribution >= 4 is 23.4 Å². The Morgan fingerprint density at radius 3 is 1.93 bits per heavy atom. The Morgan fingerprint density at radius 1 is 0.933 bits per heavy atom. The topological polar surface area (TPSA) is 87.3 Å². The molecule has 1 aromatic carbocycles. The molecule has 0 saturated heterocycles. The highest BCUT2D eigenvalue weighted by Gasteiger charge is 2.55. The Kier molecular flexibility index (Phi) is 5.60. The molecule has 30 heavy (non-hydrogen) atoms. The molecule has 5 rings (SSSR count). The first-order chi connectivity index (χ1) is 14.3. The van der Waals surface area contributed by atoms with Gasteiger partial charge in [-0.15, -0.1) is 0 Å². The van der Waals surface area contributed by atoms with Gasteiger partial charge >= 0.3 is 0 Å². The number of benzene rings is 1. The van der Waals surface area contributed by atoms with Crippen molar-refractivity contribution in [2.24, 2.45) is 29.1 Å². The number of hydrogen-bond donors (Lipinski definition) is 3. The predicted molar refractivity (Wildman–Crippen MR) is 116 cm³/mol. The van der Waals surface area contributed by atoms with Crippen molar-refractivity contribution in [3.63, 3.8) is 0 Å². The quantitative estimate of drug-likeness (QED) is 0.671. The second-order valence-electron chi connectivity index (χ2n) is 10.0. The fraction of sp³-hybridized carbons (Fsp3) is 0.625. The van der Waals surface area contributed by atoms with Gasteiger partial charge in [0.1, 0.15) is 6.04 Å². The number of carbonyl (C=O) groups excluding carboxylic acids is 3. The predicted octanol–water partition coefficient (Wildman–Crippen LogP) is 3.34. The first kappa shape index (κ1) is 20.9. The number of hydrogen-bond acceptors (Lipinski definition) is 3. The van der Waals surface area contributed by atoms with Crippen molar-refractivity contribution in [2.75, 3.05) is 12.4 Å². The molecule has 6 heteroatoms. The minimum Gasteiger partial charge on any atom is -0.355 e. The molecule has 1 aromatic rings. The van der Waals surface area contributed by atoms with E-state index in [1.165, 1.54) is 19.3 Å². The van der Waals surface area contributed by atoms with Crippen molar-refractivity contribution in [3.05, 3.63) is 29.8 Å². The van der Waals surface area contributed by atoms with E-state index in [4.69, 9.17) is 0 Å². The molecule has 3 amide bonds. The van der Waals surface area contributed by atoms with Gasteiger partial charge in [-0.1, -0.05) is 13.8 Å². The van der Waals surface area contributed by atoms with Crippen molar-refractivity contribution in [3.8, 4) is 0 Å².